The minimum absolute atomic E-state index is 0. The Morgan fingerprint density at radius 1 is 1.40 bits per heavy atom. The van der Waals surface area contributed by atoms with Crippen LogP contribution in [0.5, 0.6) is 0 Å². The van der Waals surface area contributed by atoms with Crippen LogP contribution in [0.3, 0.4) is 0 Å². The van der Waals surface area contributed by atoms with Crippen molar-refractivity contribution >= 4 is 15.2 Å². The molecule has 0 radical (unpaired) electrons. The minimum atomic E-state index is 0. The molecule has 0 nitrogen and oxygen atoms in total. The van der Waals surface area contributed by atoms with Crippen molar-refractivity contribution < 1.29 is 1.43 Å². The van der Waals surface area contributed by atoms with Gasteiger partial charge in [0, 0.05) is 0 Å². The van der Waals surface area contributed by atoms with E-state index in [9.17, 15) is 0 Å². The Labute approximate surface area is 41.8 Å². The molecule has 0 fully saturated rings. The average Bonchev–Trinajstić information content (AvgIpc) is 1.41. The van der Waals surface area contributed by atoms with Crippen LogP contribution in [0.15, 0.2) is 0 Å². The van der Waals surface area contributed by atoms with Crippen molar-refractivity contribution in [2.24, 2.45) is 0 Å². The van der Waals surface area contributed by atoms with Crippen molar-refractivity contribution in [3.8, 4) is 0 Å². The Balaban J connectivity index is 0. The molecule has 0 unspecified atom stereocenters. The molecule has 0 amide bonds. The van der Waals surface area contributed by atoms with Crippen molar-refractivity contribution in [1.82, 2.24) is 0 Å². The van der Waals surface area contributed by atoms with Gasteiger partial charge in [0.2, 0.25) is 15.2 Å². The molecule has 0 aromatic rings. The third-order valence-corrected chi connectivity index (χ3v) is 2.12. The lowest BCUT2D eigenvalue weighted by atomic mass is 10.9. The zero-order valence-corrected chi connectivity index (χ0v) is 5.54. The first-order valence-corrected chi connectivity index (χ1v) is 4.41. The summed E-state index contributed by atoms with van der Waals surface area (Å²) >= 11 is 0.432. The zero-order valence-electron chi connectivity index (χ0n) is 5.12. The van der Waals surface area contributed by atoms with Gasteiger partial charge in [0.25, 0.3) is 0 Å². The van der Waals surface area contributed by atoms with Crippen LogP contribution in [0.25, 0.3) is 0 Å². The van der Waals surface area contributed by atoms with Crippen LogP contribution in [0.4, 0.5) is 0 Å². The largest absolute Gasteiger partial charge is 1.00 e. The fourth-order valence-corrected chi connectivity index (χ4v) is 1.06. The third kappa shape index (κ3) is 4.53. The summed E-state index contributed by atoms with van der Waals surface area (Å²) in [5.74, 6) is 0. The summed E-state index contributed by atoms with van der Waals surface area (Å²) in [6, 6.07) is 0. The van der Waals surface area contributed by atoms with Crippen LogP contribution < -0.4 is 0 Å². The van der Waals surface area contributed by atoms with E-state index in [0.29, 0.717) is 15.2 Å². The van der Waals surface area contributed by atoms with Crippen LogP contribution in [0.1, 0.15) is 15.3 Å². The molecule has 0 spiro atoms. The highest BCUT2D eigenvalue weighted by molar-refractivity contribution is 6.34. The van der Waals surface area contributed by atoms with E-state index in [1.54, 1.807) is 0 Å². The highest BCUT2D eigenvalue weighted by Gasteiger charge is 1.76. The van der Waals surface area contributed by atoms with E-state index in [1.165, 1.54) is 10.6 Å². The molecule has 0 saturated heterocycles. The Morgan fingerprint density at radius 3 is 1.80 bits per heavy atom. The van der Waals surface area contributed by atoms with E-state index in [2.05, 4.69) is 13.8 Å². The molecule has 0 aliphatic carbocycles. The van der Waals surface area contributed by atoms with E-state index in [0.717, 1.165) is 0 Å². The fourth-order valence-electron chi connectivity index (χ4n) is 0.354. The molecule has 0 aliphatic rings. The predicted molar refractivity (Wildman–Crippen MR) is 29.2 cm³/mol. The molecule has 0 heterocycles. The summed E-state index contributed by atoms with van der Waals surface area (Å²) in [4.78, 5) is 0. The zero-order chi connectivity index (χ0) is 4.12. The monoisotopic (exact) mass is 87.1 g/mol. The van der Waals surface area contributed by atoms with Gasteiger partial charge in [-0.05, 0) is 0 Å². The minimum Gasteiger partial charge on any atom is -0.100 e. The average molecular weight is 87.1 g/mol. The quantitative estimate of drug-likeness (QED) is 0.447. The smallest absolute Gasteiger partial charge is 0.100 e. The molecule has 0 aromatic heterocycles. The maximum absolute atomic E-state index is 2.27. The topological polar surface area (TPSA) is 0 Å². The van der Waals surface area contributed by atoms with Crippen molar-refractivity contribution in [2.75, 3.05) is 0 Å². The summed E-state index contributed by atoms with van der Waals surface area (Å²) in [6.07, 6.45) is 0. The van der Waals surface area contributed by atoms with Gasteiger partial charge in [-0.15, -0.1) is 10.6 Å². The third-order valence-electron chi connectivity index (χ3n) is 0.707. The maximum Gasteiger partial charge on any atom is 1.00 e. The summed E-state index contributed by atoms with van der Waals surface area (Å²) in [7, 11) is 0. The number of rotatable bonds is 2. The standard InChI is InChI=1S/2C2H5.Al.H/c2*1-2;;/h2*1H2,2H3;;/p+1. The lowest BCUT2D eigenvalue weighted by molar-refractivity contribution is 1.36. The summed E-state index contributed by atoms with van der Waals surface area (Å²) in [5.41, 5.74) is 0. The Morgan fingerprint density at radius 2 is 1.80 bits per heavy atom. The van der Waals surface area contributed by atoms with E-state index in [1.807, 2.05) is 0 Å². The Hall–Kier alpha value is 0.532. The van der Waals surface area contributed by atoms with Crippen LogP contribution in [0.2, 0.25) is 10.6 Å². The molecule has 0 atom stereocenters. The van der Waals surface area contributed by atoms with Gasteiger partial charge in [-0.3, -0.25) is 0 Å². The molecule has 0 bridgehead atoms. The van der Waals surface area contributed by atoms with Crippen molar-refractivity contribution in [1.29, 1.82) is 0 Å². The van der Waals surface area contributed by atoms with Gasteiger partial charge in [-0.2, -0.15) is 0 Å². The highest BCUT2D eigenvalue weighted by Crippen LogP contribution is 1.77. The molecular weight excluding hydrogens is 75.0 g/mol. The number of hydrogen-bond donors (Lipinski definition) is 0. The molecule has 0 N–H and O–H groups in total. The second-order valence-corrected chi connectivity index (χ2v) is 4.06. The highest BCUT2D eigenvalue weighted by atomic mass is 27.1. The van der Waals surface area contributed by atoms with E-state index in [-0.39, 0.29) is 1.43 Å². The van der Waals surface area contributed by atoms with Gasteiger partial charge in [-0.1, -0.05) is 13.8 Å². The molecule has 0 aromatic carbocycles. The first-order valence-electron chi connectivity index (χ1n) is 2.41. The SMILES string of the molecule is C[CH2][AlH][CH2]C.[H+]. The molecule has 30 valence electrons. The molecule has 0 aliphatic heterocycles. The normalized spacial score (nSPS) is 7.60. The summed E-state index contributed by atoms with van der Waals surface area (Å²) in [5, 5.41) is 2.97. The first kappa shape index (κ1) is 5.53. The van der Waals surface area contributed by atoms with Crippen LogP contribution >= 0.6 is 0 Å². The van der Waals surface area contributed by atoms with Crippen LogP contribution in [0, 0.1) is 0 Å². The van der Waals surface area contributed by atoms with Gasteiger partial charge in [0.15, 0.2) is 0 Å². The van der Waals surface area contributed by atoms with E-state index in [4.69, 9.17) is 0 Å². The second-order valence-electron chi connectivity index (χ2n) is 1.35. The Kier molecular flexibility index (Phi) is 5.02. The van der Waals surface area contributed by atoms with E-state index >= 15 is 0 Å². The molecule has 0 saturated carbocycles. The van der Waals surface area contributed by atoms with Crippen LogP contribution in [-0.4, -0.2) is 15.2 Å². The van der Waals surface area contributed by atoms with Gasteiger partial charge >= 0.3 is 1.43 Å². The molecule has 5 heavy (non-hydrogen) atoms. The van der Waals surface area contributed by atoms with Crippen molar-refractivity contribution in [2.45, 2.75) is 24.4 Å². The van der Waals surface area contributed by atoms with Crippen LogP contribution in [-0.2, 0) is 0 Å². The fraction of sp³-hybridized carbons (Fsp3) is 1.00. The van der Waals surface area contributed by atoms with Gasteiger partial charge in [0.05, 0.1) is 0 Å². The molecular formula is C4H12Al+. The predicted octanol–water partition coefficient (Wildman–Crippen LogP) is 1.41. The van der Waals surface area contributed by atoms with Gasteiger partial charge in [0.1, 0.15) is 0 Å². The Bertz CT molecular complexity index is 15.0. The van der Waals surface area contributed by atoms with Gasteiger partial charge < -0.3 is 0 Å². The van der Waals surface area contributed by atoms with Crippen molar-refractivity contribution in [3.63, 3.8) is 0 Å². The first-order chi connectivity index (χ1) is 2.41. The lowest BCUT2D eigenvalue weighted by Crippen LogP contribution is -1.76. The summed E-state index contributed by atoms with van der Waals surface area (Å²) < 4.78 is 0. The van der Waals surface area contributed by atoms with E-state index < -0.39 is 0 Å². The lowest BCUT2D eigenvalue weighted by Gasteiger charge is -1.73. The second kappa shape index (κ2) is 4.53. The number of hydrogen-bond acceptors (Lipinski definition) is 0. The molecule has 1 heteroatoms. The van der Waals surface area contributed by atoms with Gasteiger partial charge in [-0.25, -0.2) is 0 Å². The maximum atomic E-state index is 2.27. The summed E-state index contributed by atoms with van der Waals surface area (Å²) in [6.45, 7) is 4.55. The molecule has 0 rings (SSSR count). The van der Waals surface area contributed by atoms with Crippen molar-refractivity contribution in [3.05, 3.63) is 0 Å².